The number of nitrogens with one attached hydrogen (secondary N) is 1. The van der Waals surface area contributed by atoms with Gasteiger partial charge in [0.15, 0.2) is 5.82 Å². The summed E-state index contributed by atoms with van der Waals surface area (Å²) in [6.07, 6.45) is 3.08. The molecule has 0 saturated heterocycles. The highest BCUT2D eigenvalue weighted by Gasteiger charge is 2.14. The van der Waals surface area contributed by atoms with E-state index in [1.54, 1.807) is 18.3 Å². The van der Waals surface area contributed by atoms with Gasteiger partial charge in [0.05, 0.1) is 5.02 Å². The zero-order valence-electron chi connectivity index (χ0n) is 7.70. The van der Waals surface area contributed by atoms with Crippen molar-refractivity contribution in [3.8, 4) is 0 Å². The van der Waals surface area contributed by atoms with Crippen molar-refractivity contribution in [3.63, 3.8) is 0 Å². The number of anilines is 1. The van der Waals surface area contributed by atoms with Gasteiger partial charge in [0.2, 0.25) is 5.78 Å². The minimum Gasteiger partial charge on any atom is -0.399 e. The van der Waals surface area contributed by atoms with Crippen LogP contribution in [0.2, 0.25) is 5.02 Å². The van der Waals surface area contributed by atoms with Gasteiger partial charge in [-0.2, -0.15) is 0 Å². The van der Waals surface area contributed by atoms with Gasteiger partial charge in [-0.05, 0) is 18.2 Å². The predicted octanol–water partition coefficient (Wildman–Crippen LogP) is 1.88. The Balaban J connectivity index is 2.46. The largest absolute Gasteiger partial charge is 0.399 e. The van der Waals surface area contributed by atoms with Crippen LogP contribution in [0.25, 0.3) is 0 Å². The van der Waals surface area contributed by atoms with Gasteiger partial charge in [0, 0.05) is 23.6 Å². The van der Waals surface area contributed by atoms with Gasteiger partial charge in [-0.1, -0.05) is 11.6 Å². The van der Waals surface area contributed by atoms with Gasteiger partial charge in [-0.15, -0.1) is 0 Å². The molecule has 0 unspecified atom stereocenters. The number of aromatic nitrogens is 2. The Kier molecular flexibility index (Phi) is 2.43. The lowest BCUT2D eigenvalue weighted by Crippen LogP contribution is -2.05. The molecule has 0 aliphatic heterocycles. The highest BCUT2D eigenvalue weighted by atomic mass is 35.5. The van der Waals surface area contributed by atoms with Crippen LogP contribution in [0.5, 0.6) is 0 Å². The van der Waals surface area contributed by atoms with Gasteiger partial charge in [0.1, 0.15) is 0 Å². The summed E-state index contributed by atoms with van der Waals surface area (Å²) < 4.78 is 0. The lowest BCUT2D eigenvalue weighted by molar-refractivity contribution is 0.103. The normalized spacial score (nSPS) is 10.2. The molecule has 0 fully saturated rings. The molecule has 0 saturated carbocycles. The van der Waals surface area contributed by atoms with E-state index in [2.05, 4.69) is 9.97 Å². The van der Waals surface area contributed by atoms with Crippen LogP contribution in [0, 0.1) is 0 Å². The molecule has 3 N–H and O–H groups in total. The van der Waals surface area contributed by atoms with E-state index >= 15 is 0 Å². The van der Waals surface area contributed by atoms with Crippen LogP contribution in [0.3, 0.4) is 0 Å². The average Bonchev–Trinajstić information content (AvgIpc) is 2.74. The number of nitrogens with two attached hydrogens (primary N) is 1. The van der Waals surface area contributed by atoms with Crippen molar-refractivity contribution in [2.75, 3.05) is 5.73 Å². The standard InChI is InChI=1S/C10H8ClN3O/c11-8-2-1-6(12)5-7(8)9(15)10-13-3-4-14-10/h1-5H,12H2,(H,13,14). The highest BCUT2D eigenvalue weighted by Crippen LogP contribution is 2.20. The number of rotatable bonds is 2. The van der Waals surface area contributed by atoms with Crippen LogP contribution >= 0.6 is 11.6 Å². The lowest BCUT2D eigenvalue weighted by Gasteiger charge is -2.02. The van der Waals surface area contributed by atoms with E-state index in [4.69, 9.17) is 17.3 Å². The molecule has 1 aromatic heterocycles. The highest BCUT2D eigenvalue weighted by molar-refractivity contribution is 6.34. The number of aromatic amines is 1. The van der Waals surface area contributed by atoms with E-state index in [0.29, 0.717) is 16.3 Å². The van der Waals surface area contributed by atoms with Crippen LogP contribution in [0.15, 0.2) is 30.6 Å². The Bertz CT molecular complexity index is 493. The average molecular weight is 222 g/mol. The molecule has 15 heavy (non-hydrogen) atoms. The Morgan fingerprint density at radius 1 is 1.47 bits per heavy atom. The van der Waals surface area contributed by atoms with E-state index in [1.807, 2.05) is 0 Å². The summed E-state index contributed by atoms with van der Waals surface area (Å²) in [5.41, 5.74) is 6.43. The molecule has 4 nitrogen and oxygen atoms in total. The first-order chi connectivity index (χ1) is 7.18. The molecule has 0 aliphatic rings. The number of halogens is 1. The van der Waals surface area contributed by atoms with E-state index in [9.17, 15) is 4.79 Å². The second-order valence-corrected chi connectivity index (χ2v) is 3.41. The third-order valence-electron chi connectivity index (χ3n) is 1.95. The fourth-order valence-corrected chi connectivity index (χ4v) is 1.44. The van der Waals surface area contributed by atoms with Crippen molar-refractivity contribution in [1.29, 1.82) is 0 Å². The van der Waals surface area contributed by atoms with Gasteiger partial charge >= 0.3 is 0 Å². The molecule has 0 atom stereocenters. The van der Waals surface area contributed by atoms with Crippen LogP contribution in [-0.4, -0.2) is 15.8 Å². The number of carbonyl (C=O) groups excluding carboxylic acids is 1. The number of ketones is 1. The molecule has 0 spiro atoms. The van der Waals surface area contributed by atoms with E-state index in [0.717, 1.165) is 0 Å². The van der Waals surface area contributed by atoms with Gasteiger partial charge in [-0.25, -0.2) is 4.98 Å². The van der Waals surface area contributed by atoms with Crippen molar-refractivity contribution in [2.24, 2.45) is 0 Å². The van der Waals surface area contributed by atoms with Crippen molar-refractivity contribution in [1.82, 2.24) is 9.97 Å². The van der Waals surface area contributed by atoms with Crippen molar-refractivity contribution in [3.05, 3.63) is 47.0 Å². The molecule has 2 aromatic rings. The van der Waals surface area contributed by atoms with Gasteiger partial charge < -0.3 is 10.7 Å². The molecule has 0 radical (unpaired) electrons. The summed E-state index contributed by atoms with van der Waals surface area (Å²) in [6, 6.07) is 4.77. The van der Waals surface area contributed by atoms with E-state index in [-0.39, 0.29) is 11.6 Å². The molecular formula is C10H8ClN3O. The summed E-state index contributed by atoms with van der Waals surface area (Å²) >= 11 is 5.89. The Morgan fingerprint density at radius 2 is 2.27 bits per heavy atom. The van der Waals surface area contributed by atoms with Gasteiger partial charge in [0.25, 0.3) is 0 Å². The number of H-pyrrole nitrogens is 1. The molecule has 0 bridgehead atoms. The lowest BCUT2D eigenvalue weighted by atomic mass is 10.1. The van der Waals surface area contributed by atoms with Crippen molar-refractivity contribution >= 4 is 23.1 Å². The SMILES string of the molecule is Nc1ccc(Cl)c(C(=O)c2ncc[nH]2)c1. The molecule has 5 heteroatoms. The molecule has 0 aliphatic carbocycles. The van der Waals surface area contributed by atoms with Gasteiger partial charge in [-0.3, -0.25) is 4.79 Å². The zero-order chi connectivity index (χ0) is 10.8. The Hall–Kier alpha value is -1.81. The minimum absolute atomic E-state index is 0.252. The molecule has 1 heterocycles. The molecular weight excluding hydrogens is 214 g/mol. The summed E-state index contributed by atoms with van der Waals surface area (Å²) in [7, 11) is 0. The summed E-state index contributed by atoms with van der Waals surface area (Å²) in [4.78, 5) is 18.4. The smallest absolute Gasteiger partial charge is 0.229 e. The monoisotopic (exact) mass is 221 g/mol. The van der Waals surface area contributed by atoms with E-state index in [1.165, 1.54) is 12.3 Å². The third-order valence-corrected chi connectivity index (χ3v) is 2.28. The Morgan fingerprint density at radius 3 is 2.93 bits per heavy atom. The third kappa shape index (κ3) is 1.85. The number of carbonyl (C=O) groups is 1. The quantitative estimate of drug-likeness (QED) is 0.601. The van der Waals surface area contributed by atoms with Crippen LogP contribution < -0.4 is 5.73 Å². The zero-order valence-corrected chi connectivity index (χ0v) is 8.45. The maximum absolute atomic E-state index is 11.8. The number of hydrogen-bond donors (Lipinski definition) is 2. The van der Waals surface area contributed by atoms with Crippen molar-refractivity contribution in [2.45, 2.75) is 0 Å². The number of hydrogen-bond acceptors (Lipinski definition) is 3. The first kappa shape index (κ1) is 9.73. The second-order valence-electron chi connectivity index (χ2n) is 3.01. The fraction of sp³-hybridized carbons (Fsp3) is 0. The van der Waals surface area contributed by atoms with Crippen LogP contribution in [-0.2, 0) is 0 Å². The molecule has 1 aromatic carbocycles. The summed E-state index contributed by atoms with van der Waals surface area (Å²) in [6.45, 7) is 0. The maximum atomic E-state index is 11.8. The Labute approximate surface area is 91.1 Å². The number of imidazole rings is 1. The number of benzene rings is 1. The molecule has 0 amide bonds. The number of nitrogen functional groups attached to an aromatic ring is 1. The van der Waals surface area contributed by atoms with Crippen LogP contribution in [0.4, 0.5) is 5.69 Å². The van der Waals surface area contributed by atoms with Crippen molar-refractivity contribution < 1.29 is 4.79 Å². The van der Waals surface area contributed by atoms with Crippen LogP contribution in [0.1, 0.15) is 16.2 Å². The number of nitrogens with zero attached hydrogens (tertiary/aromatic N) is 1. The van der Waals surface area contributed by atoms with E-state index < -0.39 is 0 Å². The fourth-order valence-electron chi connectivity index (χ4n) is 1.23. The molecule has 76 valence electrons. The first-order valence-electron chi connectivity index (χ1n) is 4.27. The maximum Gasteiger partial charge on any atom is 0.229 e. The summed E-state index contributed by atoms with van der Waals surface area (Å²) in [5.74, 6) is -0.0141. The first-order valence-corrected chi connectivity index (χ1v) is 4.65. The molecule has 2 rings (SSSR count). The second kappa shape index (κ2) is 3.74. The minimum atomic E-state index is -0.266. The summed E-state index contributed by atoms with van der Waals surface area (Å²) in [5, 5.41) is 0.366. The topological polar surface area (TPSA) is 71.8 Å². The predicted molar refractivity (Wildman–Crippen MR) is 57.9 cm³/mol.